The minimum atomic E-state index is -0.327. The number of rotatable bonds is 3. The predicted molar refractivity (Wildman–Crippen MR) is 75.8 cm³/mol. The molecule has 102 valence electrons. The summed E-state index contributed by atoms with van der Waals surface area (Å²) >= 11 is 0. The predicted octanol–water partition coefficient (Wildman–Crippen LogP) is 3.15. The van der Waals surface area contributed by atoms with Crippen LogP contribution in [-0.4, -0.2) is 30.6 Å². The summed E-state index contributed by atoms with van der Waals surface area (Å²) in [5, 5.41) is 8.58. The molecule has 1 atom stereocenters. The van der Waals surface area contributed by atoms with Crippen LogP contribution in [0.5, 0.6) is 0 Å². The molecule has 17 heavy (non-hydrogen) atoms. The van der Waals surface area contributed by atoms with Crippen molar-refractivity contribution in [3.8, 4) is 6.07 Å². The fourth-order valence-electron chi connectivity index (χ4n) is 2.02. The molecular formula is C14H31N3. The fraction of sp³-hybridized carbons (Fsp3) is 0.929. The maximum atomic E-state index is 8.58. The SMILES string of the molecule is CC.CC.CN(CC(N)C#N)C1CCCCC1. The molecule has 0 amide bonds. The van der Waals surface area contributed by atoms with Gasteiger partial charge in [0, 0.05) is 12.6 Å². The summed E-state index contributed by atoms with van der Waals surface area (Å²) in [6.45, 7) is 8.71. The van der Waals surface area contributed by atoms with E-state index in [0.717, 1.165) is 0 Å². The largest absolute Gasteiger partial charge is 0.315 e. The number of likely N-dealkylation sites (N-methyl/N-ethyl adjacent to an activating group) is 1. The second-order valence-corrected chi connectivity index (χ2v) is 3.97. The van der Waals surface area contributed by atoms with Crippen molar-refractivity contribution in [2.75, 3.05) is 13.6 Å². The van der Waals surface area contributed by atoms with E-state index in [9.17, 15) is 0 Å². The molecule has 0 aromatic heterocycles. The molecule has 1 aliphatic carbocycles. The van der Waals surface area contributed by atoms with Gasteiger partial charge in [-0.1, -0.05) is 47.0 Å². The van der Waals surface area contributed by atoms with Crippen LogP contribution in [0.15, 0.2) is 0 Å². The fourth-order valence-corrected chi connectivity index (χ4v) is 2.02. The van der Waals surface area contributed by atoms with E-state index in [0.29, 0.717) is 12.6 Å². The molecule has 0 bridgehead atoms. The standard InChI is InChI=1S/C10H19N3.2C2H6/c1-13(8-9(12)7-11)10-5-3-2-4-6-10;2*1-2/h9-10H,2-6,8,12H2,1H3;2*1-2H3. The Morgan fingerprint density at radius 3 is 2.06 bits per heavy atom. The van der Waals surface area contributed by atoms with Gasteiger partial charge in [-0.05, 0) is 19.9 Å². The highest BCUT2D eigenvalue weighted by molar-refractivity contribution is 4.90. The van der Waals surface area contributed by atoms with Crippen molar-refractivity contribution < 1.29 is 0 Å². The Morgan fingerprint density at radius 1 is 1.18 bits per heavy atom. The number of nitrogens with two attached hydrogens (primary N) is 1. The van der Waals surface area contributed by atoms with Crippen molar-refractivity contribution in [2.24, 2.45) is 5.73 Å². The van der Waals surface area contributed by atoms with Crippen LogP contribution in [0.25, 0.3) is 0 Å². The molecule has 0 heterocycles. The van der Waals surface area contributed by atoms with Crippen LogP contribution in [0.4, 0.5) is 0 Å². The van der Waals surface area contributed by atoms with Crippen molar-refractivity contribution in [3.63, 3.8) is 0 Å². The average Bonchev–Trinajstić information content (AvgIpc) is 2.44. The van der Waals surface area contributed by atoms with Gasteiger partial charge in [-0.2, -0.15) is 5.26 Å². The Labute approximate surface area is 108 Å². The molecule has 1 unspecified atom stereocenters. The van der Waals surface area contributed by atoms with Crippen LogP contribution < -0.4 is 5.73 Å². The van der Waals surface area contributed by atoms with E-state index in [2.05, 4.69) is 18.0 Å². The highest BCUT2D eigenvalue weighted by Gasteiger charge is 2.19. The lowest BCUT2D eigenvalue weighted by atomic mass is 9.94. The normalized spacial score (nSPS) is 17.1. The maximum Gasteiger partial charge on any atom is 0.106 e. The van der Waals surface area contributed by atoms with Crippen molar-refractivity contribution >= 4 is 0 Å². The van der Waals surface area contributed by atoms with Gasteiger partial charge in [0.15, 0.2) is 0 Å². The van der Waals surface area contributed by atoms with Crippen LogP contribution in [0.3, 0.4) is 0 Å². The molecule has 0 saturated heterocycles. The Balaban J connectivity index is 0. The number of nitriles is 1. The summed E-state index contributed by atoms with van der Waals surface area (Å²) in [6.07, 6.45) is 6.57. The monoisotopic (exact) mass is 241 g/mol. The summed E-state index contributed by atoms with van der Waals surface area (Å²) < 4.78 is 0. The third-order valence-corrected chi connectivity index (χ3v) is 2.85. The van der Waals surface area contributed by atoms with Gasteiger partial charge in [-0.3, -0.25) is 0 Å². The smallest absolute Gasteiger partial charge is 0.106 e. The Kier molecular flexibility index (Phi) is 14.9. The molecule has 1 saturated carbocycles. The molecule has 3 heteroatoms. The summed E-state index contributed by atoms with van der Waals surface area (Å²) in [5.41, 5.74) is 5.58. The highest BCUT2D eigenvalue weighted by Crippen LogP contribution is 2.21. The molecule has 0 radical (unpaired) electrons. The van der Waals surface area contributed by atoms with Crippen molar-refractivity contribution in [2.45, 2.75) is 71.9 Å². The molecule has 2 N–H and O–H groups in total. The van der Waals surface area contributed by atoms with Gasteiger partial charge in [-0.25, -0.2) is 0 Å². The molecule has 3 nitrogen and oxygen atoms in total. The zero-order chi connectivity index (χ0) is 13.7. The molecule has 1 fully saturated rings. The Bertz CT molecular complexity index is 180. The lowest BCUT2D eigenvalue weighted by Gasteiger charge is -2.31. The minimum absolute atomic E-state index is 0.327. The number of nitrogens with zero attached hydrogens (tertiary/aromatic N) is 2. The lowest BCUT2D eigenvalue weighted by molar-refractivity contribution is 0.189. The van der Waals surface area contributed by atoms with Crippen molar-refractivity contribution in [3.05, 3.63) is 0 Å². The van der Waals surface area contributed by atoms with Gasteiger partial charge < -0.3 is 10.6 Å². The van der Waals surface area contributed by atoms with Gasteiger partial charge in [0.1, 0.15) is 6.04 Å². The molecule has 0 aromatic carbocycles. The van der Waals surface area contributed by atoms with Crippen LogP contribution >= 0.6 is 0 Å². The highest BCUT2D eigenvalue weighted by atomic mass is 15.1. The second-order valence-electron chi connectivity index (χ2n) is 3.97. The Hall–Kier alpha value is -0.590. The first-order valence-electron chi connectivity index (χ1n) is 7.09. The van der Waals surface area contributed by atoms with Gasteiger partial charge in [0.05, 0.1) is 6.07 Å². The summed E-state index contributed by atoms with van der Waals surface area (Å²) in [4.78, 5) is 2.24. The zero-order valence-electron chi connectivity index (χ0n) is 12.4. The second kappa shape index (κ2) is 13.5. The van der Waals surface area contributed by atoms with E-state index in [1.807, 2.05) is 27.7 Å². The number of hydrogen-bond donors (Lipinski definition) is 1. The van der Waals surface area contributed by atoms with Gasteiger partial charge >= 0.3 is 0 Å². The van der Waals surface area contributed by atoms with Crippen LogP contribution in [-0.2, 0) is 0 Å². The summed E-state index contributed by atoms with van der Waals surface area (Å²) in [7, 11) is 2.08. The van der Waals surface area contributed by atoms with Crippen LogP contribution in [0.1, 0.15) is 59.8 Å². The molecule has 1 aliphatic rings. The average molecular weight is 241 g/mol. The van der Waals surface area contributed by atoms with Crippen molar-refractivity contribution in [1.82, 2.24) is 4.90 Å². The first kappa shape index (κ1) is 18.8. The molecule has 0 aliphatic heterocycles. The Morgan fingerprint density at radius 2 is 1.65 bits per heavy atom. The van der Waals surface area contributed by atoms with E-state index >= 15 is 0 Å². The molecule has 0 spiro atoms. The minimum Gasteiger partial charge on any atom is -0.315 e. The molecule has 0 aromatic rings. The summed E-state index contributed by atoms with van der Waals surface area (Å²) in [5.74, 6) is 0. The van der Waals surface area contributed by atoms with E-state index in [-0.39, 0.29) is 6.04 Å². The van der Waals surface area contributed by atoms with Gasteiger partial charge in [0.2, 0.25) is 0 Å². The van der Waals surface area contributed by atoms with Gasteiger partial charge in [0.25, 0.3) is 0 Å². The first-order chi connectivity index (χ1) is 8.24. The van der Waals surface area contributed by atoms with Crippen LogP contribution in [0, 0.1) is 11.3 Å². The molecular weight excluding hydrogens is 210 g/mol. The van der Waals surface area contributed by atoms with E-state index in [1.165, 1.54) is 32.1 Å². The summed E-state index contributed by atoms with van der Waals surface area (Å²) in [6, 6.07) is 2.40. The molecule has 1 rings (SSSR count). The zero-order valence-corrected chi connectivity index (χ0v) is 12.4. The number of hydrogen-bond acceptors (Lipinski definition) is 3. The first-order valence-corrected chi connectivity index (χ1v) is 7.09. The third-order valence-electron chi connectivity index (χ3n) is 2.85. The third kappa shape index (κ3) is 9.14. The van der Waals surface area contributed by atoms with Gasteiger partial charge in [-0.15, -0.1) is 0 Å². The van der Waals surface area contributed by atoms with E-state index < -0.39 is 0 Å². The van der Waals surface area contributed by atoms with E-state index in [4.69, 9.17) is 11.0 Å². The maximum absolute atomic E-state index is 8.58. The quantitative estimate of drug-likeness (QED) is 0.826. The lowest BCUT2D eigenvalue weighted by Crippen LogP contribution is -2.41. The van der Waals surface area contributed by atoms with E-state index in [1.54, 1.807) is 0 Å². The topological polar surface area (TPSA) is 53.0 Å². The van der Waals surface area contributed by atoms with Crippen molar-refractivity contribution in [1.29, 1.82) is 5.26 Å². The van der Waals surface area contributed by atoms with Crippen LogP contribution in [0.2, 0.25) is 0 Å².